The standard InChI is InChI=1S/C21H23N3O4/c1-24(13-19(25)22-16-6-3-2-4-7-16)20(26)14-28-18-9-5-8-17(12-18)23-21(27)15-10-11-15/h2-9,12,15H,10-11,13-14H2,1H3,(H,22,25)(H,23,27). The van der Waals surface area contributed by atoms with E-state index in [-0.39, 0.29) is 36.8 Å². The second-order valence-corrected chi connectivity index (χ2v) is 6.74. The Hall–Kier alpha value is -3.35. The van der Waals surface area contributed by atoms with Gasteiger partial charge in [-0.15, -0.1) is 0 Å². The minimum absolute atomic E-state index is 0.0115. The molecule has 2 aromatic rings. The van der Waals surface area contributed by atoms with E-state index in [1.165, 1.54) is 4.90 Å². The molecule has 146 valence electrons. The summed E-state index contributed by atoms with van der Waals surface area (Å²) < 4.78 is 5.51. The van der Waals surface area contributed by atoms with E-state index >= 15 is 0 Å². The number of carbonyl (C=O) groups excluding carboxylic acids is 3. The van der Waals surface area contributed by atoms with E-state index in [0.29, 0.717) is 17.1 Å². The first-order valence-electron chi connectivity index (χ1n) is 9.14. The Morgan fingerprint density at radius 2 is 1.71 bits per heavy atom. The van der Waals surface area contributed by atoms with Gasteiger partial charge < -0.3 is 20.3 Å². The lowest BCUT2D eigenvalue weighted by atomic mass is 10.3. The van der Waals surface area contributed by atoms with Gasteiger partial charge in [-0.25, -0.2) is 0 Å². The molecular formula is C21H23N3O4. The van der Waals surface area contributed by atoms with Gasteiger partial charge in [-0.1, -0.05) is 24.3 Å². The number of amides is 3. The Balaban J connectivity index is 1.45. The van der Waals surface area contributed by atoms with E-state index in [2.05, 4.69) is 10.6 Å². The van der Waals surface area contributed by atoms with Crippen LogP contribution in [0.2, 0.25) is 0 Å². The third-order valence-corrected chi connectivity index (χ3v) is 4.28. The first-order chi connectivity index (χ1) is 13.5. The lowest BCUT2D eigenvalue weighted by Gasteiger charge is -2.17. The van der Waals surface area contributed by atoms with Gasteiger partial charge in [-0.3, -0.25) is 14.4 Å². The van der Waals surface area contributed by atoms with Crippen molar-refractivity contribution in [3.63, 3.8) is 0 Å². The van der Waals surface area contributed by atoms with Crippen LogP contribution in [0, 0.1) is 5.92 Å². The topological polar surface area (TPSA) is 87.7 Å². The average Bonchev–Trinajstić information content (AvgIpc) is 3.52. The van der Waals surface area contributed by atoms with E-state index < -0.39 is 0 Å². The summed E-state index contributed by atoms with van der Waals surface area (Å²) in [5.41, 5.74) is 1.31. The van der Waals surface area contributed by atoms with Crippen LogP contribution in [0.25, 0.3) is 0 Å². The van der Waals surface area contributed by atoms with Crippen molar-refractivity contribution in [3.05, 3.63) is 54.6 Å². The van der Waals surface area contributed by atoms with E-state index in [0.717, 1.165) is 12.8 Å². The maximum Gasteiger partial charge on any atom is 0.260 e. The van der Waals surface area contributed by atoms with Crippen LogP contribution in [-0.2, 0) is 14.4 Å². The highest BCUT2D eigenvalue weighted by atomic mass is 16.5. The number of benzene rings is 2. The molecule has 0 unspecified atom stereocenters. The number of nitrogens with zero attached hydrogens (tertiary/aromatic N) is 1. The van der Waals surface area contributed by atoms with Gasteiger partial charge in [0.1, 0.15) is 5.75 Å². The Bertz CT molecular complexity index is 850. The number of ether oxygens (including phenoxy) is 1. The normalized spacial score (nSPS) is 12.8. The molecule has 0 heterocycles. The molecule has 0 spiro atoms. The summed E-state index contributed by atoms with van der Waals surface area (Å²) in [5.74, 6) is -0.00854. The summed E-state index contributed by atoms with van der Waals surface area (Å²) in [6, 6.07) is 16.0. The molecule has 0 bridgehead atoms. The van der Waals surface area contributed by atoms with Crippen LogP contribution in [0.5, 0.6) is 5.75 Å². The van der Waals surface area contributed by atoms with Crippen LogP contribution in [-0.4, -0.2) is 42.8 Å². The van der Waals surface area contributed by atoms with E-state index in [1.54, 1.807) is 43.4 Å². The van der Waals surface area contributed by atoms with E-state index in [4.69, 9.17) is 4.74 Å². The van der Waals surface area contributed by atoms with Crippen LogP contribution >= 0.6 is 0 Å². The molecule has 7 nitrogen and oxygen atoms in total. The molecule has 1 fully saturated rings. The highest BCUT2D eigenvalue weighted by Crippen LogP contribution is 2.30. The fraction of sp³-hybridized carbons (Fsp3) is 0.286. The molecule has 0 atom stereocenters. The molecule has 7 heteroatoms. The van der Waals surface area contributed by atoms with Crippen molar-refractivity contribution in [1.82, 2.24) is 4.90 Å². The number of rotatable bonds is 8. The summed E-state index contributed by atoms with van der Waals surface area (Å²) in [6.45, 7) is -0.274. The zero-order valence-corrected chi connectivity index (χ0v) is 15.7. The van der Waals surface area contributed by atoms with Crippen molar-refractivity contribution in [2.24, 2.45) is 5.92 Å². The number of hydrogen-bond donors (Lipinski definition) is 2. The van der Waals surface area contributed by atoms with Crippen molar-refractivity contribution in [1.29, 1.82) is 0 Å². The van der Waals surface area contributed by atoms with Gasteiger partial charge in [-0.2, -0.15) is 0 Å². The Labute approximate surface area is 163 Å². The van der Waals surface area contributed by atoms with Crippen LogP contribution in [0.3, 0.4) is 0 Å². The number of para-hydroxylation sites is 1. The molecule has 0 radical (unpaired) electrons. The predicted octanol–water partition coefficient (Wildman–Crippen LogP) is 2.51. The van der Waals surface area contributed by atoms with Gasteiger partial charge in [-0.05, 0) is 37.1 Å². The summed E-state index contributed by atoms with van der Waals surface area (Å²) in [5, 5.41) is 5.56. The molecule has 1 aliphatic rings. The van der Waals surface area contributed by atoms with Gasteiger partial charge in [0.25, 0.3) is 5.91 Å². The lowest BCUT2D eigenvalue weighted by Crippen LogP contribution is -2.37. The minimum atomic E-state index is -0.323. The number of carbonyl (C=O) groups is 3. The Morgan fingerprint density at radius 1 is 1.00 bits per heavy atom. The molecule has 1 saturated carbocycles. The molecule has 0 aliphatic heterocycles. The number of nitrogens with one attached hydrogen (secondary N) is 2. The summed E-state index contributed by atoms with van der Waals surface area (Å²) in [7, 11) is 1.54. The minimum Gasteiger partial charge on any atom is -0.484 e. The molecule has 2 N–H and O–H groups in total. The average molecular weight is 381 g/mol. The van der Waals surface area contributed by atoms with Crippen LogP contribution in [0.1, 0.15) is 12.8 Å². The third kappa shape index (κ3) is 5.84. The smallest absolute Gasteiger partial charge is 0.260 e. The summed E-state index contributed by atoms with van der Waals surface area (Å²) in [6.07, 6.45) is 1.86. The van der Waals surface area contributed by atoms with Crippen LogP contribution < -0.4 is 15.4 Å². The van der Waals surface area contributed by atoms with Crippen molar-refractivity contribution in [2.45, 2.75) is 12.8 Å². The quantitative estimate of drug-likeness (QED) is 0.735. The number of anilines is 2. The molecule has 2 aromatic carbocycles. The van der Waals surface area contributed by atoms with Crippen LogP contribution in [0.15, 0.2) is 54.6 Å². The van der Waals surface area contributed by atoms with Crippen LogP contribution in [0.4, 0.5) is 11.4 Å². The van der Waals surface area contributed by atoms with Gasteiger partial charge in [0.05, 0.1) is 6.54 Å². The third-order valence-electron chi connectivity index (χ3n) is 4.28. The van der Waals surface area contributed by atoms with Crippen molar-refractivity contribution < 1.29 is 19.1 Å². The highest BCUT2D eigenvalue weighted by Gasteiger charge is 2.29. The molecular weight excluding hydrogens is 358 g/mol. The summed E-state index contributed by atoms with van der Waals surface area (Å²) >= 11 is 0. The van der Waals surface area contributed by atoms with Gasteiger partial charge in [0, 0.05) is 30.4 Å². The van der Waals surface area contributed by atoms with Crippen molar-refractivity contribution in [3.8, 4) is 5.75 Å². The Kier molecular flexibility index (Phi) is 6.26. The molecule has 28 heavy (non-hydrogen) atoms. The first kappa shape index (κ1) is 19.4. The second-order valence-electron chi connectivity index (χ2n) is 6.74. The Morgan fingerprint density at radius 3 is 2.43 bits per heavy atom. The highest BCUT2D eigenvalue weighted by molar-refractivity contribution is 5.95. The fourth-order valence-electron chi connectivity index (χ4n) is 2.53. The molecule has 3 amide bonds. The van der Waals surface area contributed by atoms with E-state index in [9.17, 15) is 14.4 Å². The maximum absolute atomic E-state index is 12.2. The zero-order valence-electron chi connectivity index (χ0n) is 15.7. The van der Waals surface area contributed by atoms with Crippen molar-refractivity contribution in [2.75, 3.05) is 30.8 Å². The second kappa shape index (κ2) is 9.03. The monoisotopic (exact) mass is 381 g/mol. The lowest BCUT2D eigenvalue weighted by molar-refractivity contribution is -0.135. The molecule has 3 rings (SSSR count). The largest absolute Gasteiger partial charge is 0.484 e. The predicted molar refractivity (Wildman–Crippen MR) is 106 cm³/mol. The van der Waals surface area contributed by atoms with Gasteiger partial charge in [0.2, 0.25) is 11.8 Å². The zero-order chi connectivity index (χ0) is 19.9. The molecule has 0 aromatic heterocycles. The maximum atomic E-state index is 12.2. The molecule has 1 aliphatic carbocycles. The molecule has 0 saturated heterocycles. The first-order valence-corrected chi connectivity index (χ1v) is 9.14. The van der Waals surface area contributed by atoms with Crippen molar-refractivity contribution >= 4 is 29.1 Å². The SMILES string of the molecule is CN(CC(=O)Nc1ccccc1)C(=O)COc1cccc(NC(=O)C2CC2)c1. The number of likely N-dealkylation sites (N-methyl/N-ethyl adjacent to an activating group) is 1. The fourth-order valence-corrected chi connectivity index (χ4v) is 2.53. The van der Waals surface area contributed by atoms with Gasteiger partial charge in [0.15, 0.2) is 6.61 Å². The number of hydrogen-bond acceptors (Lipinski definition) is 4. The summed E-state index contributed by atoms with van der Waals surface area (Å²) in [4.78, 5) is 37.4. The van der Waals surface area contributed by atoms with E-state index in [1.807, 2.05) is 18.2 Å². The van der Waals surface area contributed by atoms with Gasteiger partial charge >= 0.3 is 0 Å².